The predicted octanol–water partition coefficient (Wildman–Crippen LogP) is 2.74. The molecule has 0 aliphatic rings. The van der Waals surface area contributed by atoms with Gasteiger partial charge in [0.25, 0.3) is 0 Å². The first-order valence-corrected chi connectivity index (χ1v) is 5.40. The van der Waals surface area contributed by atoms with Crippen molar-refractivity contribution in [2.24, 2.45) is 5.73 Å². The third-order valence-electron chi connectivity index (χ3n) is 2.25. The summed E-state index contributed by atoms with van der Waals surface area (Å²) in [6, 6.07) is 5.96. The maximum atomic E-state index is 5.89. The molecule has 0 saturated heterocycles. The molecule has 0 fully saturated rings. The van der Waals surface area contributed by atoms with Gasteiger partial charge >= 0.3 is 0 Å². The highest BCUT2D eigenvalue weighted by Crippen LogP contribution is 2.20. The fraction of sp³-hybridized carbons (Fsp3) is 0.300. The summed E-state index contributed by atoms with van der Waals surface area (Å²) in [6.07, 6.45) is 0.890. The van der Waals surface area contributed by atoms with Crippen molar-refractivity contribution in [3.05, 3.63) is 28.5 Å². The van der Waals surface area contributed by atoms with Crippen LogP contribution >= 0.6 is 15.9 Å². The topological polar surface area (TPSA) is 54.7 Å². The van der Waals surface area contributed by atoms with Gasteiger partial charge in [-0.15, -0.1) is 0 Å². The molecule has 0 amide bonds. The molecule has 1 atom stereocenters. The standard InChI is InChI=1S/C10H12BrN3/c1-2-7(12)10-13-8-4-3-6(11)5-9(8)14-10/h3-5,7H,2,12H2,1H3,(H,13,14). The van der Waals surface area contributed by atoms with Crippen molar-refractivity contribution in [1.82, 2.24) is 9.97 Å². The minimum absolute atomic E-state index is 0.00109. The van der Waals surface area contributed by atoms with E-state index in [0.29, 0.717) is 0 Å². The Hall–Kier alpha value is -0.870. The van der Waals surface area contributed by atoms with Gasteiger partial charge in [-0.3, -0.25) is 0 Å². The smallest absolute Gasteiger partial charge is 0.124 e. The molecule has 1 unspecified atom stereocenters. The summed E-state index contributed by atoms with van der Waals surface area (Å²) in [5, 5.41) is 0. The highest BCUT2D eigenvalue weighted by molar-refractivity contribution is 9.10. The summed E-state index contributed by atoms with van der Waals surface area (Å²) in [5.74, 6) is 0.862. The second-order valence-electron chi connectivity index (χ2n) is 3.30. The van der Waals surface area contributed by atoms with Crippen molar-refractivity contribution in [2.45, 2.75) is 19.4 Å². The zero-order chi connectivity index (χ0) is 10.1. The van der Waals surface area contributed by atoms with Gasteiger partial charge in [-0.1, -0.05) is 22.9 Å². The summed E-state index contributed by atoms with van der Waals surface area (Å²) in [6.45, 7) is 2.05. The number of aromatic amines is 1. The summed E-state index contributed by atoms with van der Waals surface area (Å²) in [4.78, 5) is 7.64. The molecule has 74 valence electrons. The molecule has 1 aromatic carbocycles. The van der Waals surface area contributed by atoms with Gasteiger partial charge in [0.1, 0.15) is 5.82 Å². The van der Waals surface area contributed by atoms with Gasteiger partial charge < -0.3 is 10.7 Å². The molecule has 3 nitrogen and oxygen atoms in total. The van der Waals surface area contributed by atoms with Crippen molar-refractivity contribution < 1.29 is 0 Å². The van der Waals surface area contributed by atoms with Crippen LogP contribution in [0.2, 0.25) is 0 Å². The molecule has 0 spiro atoms. The molecule has 0 aliphatic carbocycles. The fourth-order valence-electron chi connectivity index (χ4n) is 1.37. The number of aromatic nitrogens is 2. The molecule has 0 aliphatic heterocycles. The number of imidazole rings is 1. The molecule has 2 rings (SSSR count). The average Bonchev–Trinajstić information content (AvgIpc) is 2.59. The lowest BCUT2D eigenvalue weighted by Crippen LogP contribution is -2.10. The monoisotopic (exact) mass is 253 g/mol. The molecule has 0 bridgehead atoms. The highest BCUT2D eigenvalue weighted by Gasteiger charge is 2.08. The summed E-state index contributed by atoms with van der Waals surface area (Å²) in [7, 11) is 0. The lowest BCUT2D eigenvalue weighted by Gasteiger charge is -2.02. The van der Waals surface area contributed by atoms with Gasteiger partial charge in [-0.05, 0) is 24.6 Å². The minimum Gasteiger partial charge on any atom is -0.341 e. The predicted molar refractivity (Wildman–Crippen MR) is 61.0 cm³/mol. The quantitative estimate of drug-likeness (QED) is 0.865. The molecular formula is C10H12BrN3. The Morgan fingerprint density at radius 1 is 1.57 bits per heavy atom. The molecule has 14 heavy (non-hydrogen) atoms. The first-order chi connectivity index (χ1) is 6.70. The number of hydrogen-bond donors (Lipinski definition) is 2. The van der Waals surface area contributed by atoms with E-state index in [1.165, 1.54) is 0 Å². The SMILES string of the molecule is CCC(N)c1nc2ccc(Br)cc2[nH]1. The Morgan fingerprint density at radius 2 is 2.36 bits per heavy atom. The molecule has 0 radical (unpaired) electrons. The van der Waals surface area contributed by atoms with E-state index in [4.69, 9.17) is 5.73 Å². The van der Waals surface area contributed by atoms with Crippen LogP contribution in [0.4, 0.5) is 0 Å². The Labute approximate surface area is 90.8 Å². The van der Waals surface area contributed by atoms with E-state index in [-0.39, 0.29) is 6.04 Å². The zero-order valence-corrected chi connectivity index (χ0v) is 9.51. The van der Waals surface area contributed by atoms with E-state index in [1.54, 1.807) is 0 Å². The zero-order valence-electron chi connectivity index (χ0n) is 7.92. The summed E-state index contributed by atoms with van der Waals surface area (Å²) in [5.41, 5.74) is 7.88. The fourth-order valence-corrected chi connectivity index (χ4v) is 1.73. The van der Waals surface area contributed by atoms with Crippen molar-refractivity contribution >= 4 is 27.0 Å². The Morgan fingerprint density at radius 3 is 3.07 bits per heavy atom. The van der Waals surface area contributed by atoms with Crippen molar-refractivity contribution in [3.8, 4) is 0 Å². The minimum atomic E-state index is 0.00109. The van der Waals surface area contributed by atoms with Gasteiger partial charge in [-0.25, -0.2) is 4.98 Å². The van der Waals surface area contributed by atoms with Crippen molar-refractivity contribution in [3.63, 3.8) is 0 Å². The van der Waals surface area contributed by atoms with Crippen LogP contribution < -0.4 is 5.73 Å². The number of benzene rings is 1. The van der Waals surface area contributed by atoms with Crippen LogP contribution in [0.3, 0.4) is 0 Å². The lowest BCUT2D eigenvalue weighted by molar-refractivity contribution is 0.660. The van der Waals surface area contributed by atoms with Crippen molar-refractivity contribution in [1.29, 1.82) is 0 Å². The number of nitrogens with one attached hydrogen (secondary N) is 1. The van der Waals surface area contributed by atoms with Gasteiger partial charge in [0, 0.05) is 4.47 Å². The van der Waals surface area contributed by atoms with E-state index < -0.39 is 0 Å². The summed E-state index contributed by atoms with van der Waals surface area (Å²) >= 11 is 3.42. The van der Waals surface area contributed by atoms with Gasteiger partial charge in [0.2, 0.25) is 0 Å². The number of hydrogen-bond acceptors (Lipinski definition) is 2. The molecule has 1 heterocycles. The third kappa shape index (κ3) is 1.67. The number of fused-ring (bicyclic) bond motifs is 1. The Kier molecular flexibility index (Phi) is 2.56. The van der Waals surface area contributed by atoms with E-state index >= 15 is 0 Å². The maximum Gasteiger partial charge on any atom is 0.124 e. The largest absolute Gasteiger partial charge is 0.341 e. The molecule has 2 aromatic rings. The number of halogens is 1. The average molecular weight is 254 g/mol. The van der Waals surface area contributed by atoms with Crippen LogP contribution in [0.15, 0.2) is 22.7 Å². The summed E-state index contributed by atoms with van der Waals surface area (Å²) < 4.78 is 1.05. The van der Waals surface area contributed by atoms with E-state index in [0.717, 1.165) is 27.8 Å². The van der Waals surface area contributed by atoms with Crippen LogP contribution in [0.25, 0.3) is 11.0 Å². The first-order valence-electron chi connectivity index (χ1n) is 4.61. The van der Waals surface area contributed by atoms with E-state index in [1.807, 2.05) is 25.1 Å². The van der Waals surface area contributed by atoms with Gasteiger partial charge in [0.15, 0.2) is 0 Å². The third-order valence-corrected chi connectivity index (χ3v) is 2.75. The first kappa shape index (κ1) is 9.68. The van der Waals surface area contributed by atoms with Crippen LogP contribution in [-0.2, 0) is 0 Å². The molecule has 4 heteroatoms. The van der Waals surface area contributed by atoms with E-state index in [9.17, 15) is 0 Å². The van der Waals surface area contributed by atoms with E-state index in [2.05, 4.69) is 25.9 Å². The van der Waals surface area contributed by atoms with Crippen LogP contribution in [0, 0.1) is 0 Å². The second kappa shape index (κ2) is 3.71. The van der Waals surface area contributed by atoms with Gasteiger partial charge in [-0.2, -0.15) is 0 Å². The van der Waals surface area contributed by atoms with Gasteiger partial charge in [0.05, 0.1) is 17.1 Å². The number of rotatable bonds is 2. The number of H-pyrrole nitrogens is 1. The molecular weight excluding hydrogens is 242 g/mol. The normalized spacial score (nSPS) is 13.4. The van der Waals surface area contributed by atoms with Crippen LogP contribution in [0.5, 0.6) is 0 Å². The Balaban J connectivity index is 2.51. The van der Waals surface area contributed by atoms with Crippen molar-refractivity contribution in [2.75, 3.05) is 0 Å². The maximum absolute atomic E-state index is 5.89. The molecule has 3 N–H and O–H groups in total. The Bertz CT molecular complexity index is 450. The molecule has 1 aromatic heterocycles. The number of nitrogens with two attached hydrogens (primary N) is 1. The van der Waals surface area contributed by atoms with Crippen LogP contribution in [-0.4, -0.2) is 9.97 Å². The second-order valence-corrected chi connectivity index (χ2v) is 4.21. The molecule has 0 saturated carbocycles. The van der Waals surface area contributed by atoms with Crippen LogP contribution in [0.1, 0.15) is 25.2 Å². The lowest BCUT2D eigenvalue weighted by atomic mass is 10.2. The number of nitrogens with zero attached hydrogens (tertiary/aromatic N) is 1. The highest BCUT2D eigenvalue weighted by atomic mass is 79.9.